The van der Waals surface area contributed by atoms with Crippen LogP contribution in [0.4, 0.5) is 4.39 Å². The lowest BCUT2D eigenvalue weighted by Gasteiger charge is -2.42. The third kappa shape index (κ3) is 3.64. The summed E-state index contributed by atoms with van der Waals surface area (Å²) < 4.78 is 13.2. The van der Waals surface area contributed by atoms with E-state index in [2.05, 4.69) is 11.8 Å². The second kappa shape index (κ2) is 6.89. The Hall–Kier alpha value is -0.930. The van der Waals surface area contributed by atoms with Crippen molar-refractivity contribution in [2.24, 2.45) is 0 Å². The van der Waals surface area contributed by atoms with E-state index in [-0.39, 0.29) is 10.8 Å². The van der Waals surface area contributed by atoms with E-state index in [1.54, 1.807) is 12.1 Å². The Labute approximate surface area is 131 Å². The number of Topliss-reactive ketones (excluding diaryl/α,β-unsaturated/α-hetero) is 1. The summed E-state index contributed by atoms with van der Waals surface area (Å²) >= 11 is 5.80. The number of nitrogens with zero attached hydrogens (tertiary/aromatic N) is 1. The van der Waals surface area contributed by atoms with Crippen LogP contribution in [0.1, 0.15) is 45.1 Å². The molecule has 2 rings (SSSR count). The standard InChI is InChI=1S/C17H23ClFNO/c1-3-17(2,20-9-5-4-6-10-20)16(21)12-13-7-8-15(19)14(18)11-13/h7-8,11H,3-6,9-10,12H2,1-2H3. The Balaban J connectivity index is 2.13. The first kappa shape index (κ1) is 16.4. The molecule has 1 aliphatic heterocycles. The molecule has 0 saturated carbocycles. The molecular weight excluding hydrogens is 289 g/mol. The molecular formula is C17H23ClFNO. The molecule has 0 amide bonds. The van der Waals surface area contributed by atoms with Crippen molar-refractivity contribution >= 4 is 17.4 Å². The van der Waals surface area contributed by atoms with E-state index in [1.807, 2.05) is 6.92 Å². The van der Waals surface area contributed by atoms with E-state index in [0.717, 1.165) is 37.9 Å². The summed E-state index contributed by atoms with van der Waals surface area (Å²) in [6, 6.07) is 4.53. The molecule has 0 spiro atoms. The van der Waals surface area contributed by atoms with Crippen LogP contribution in [0.15, 0.2) is 18.2 Å². The Bertz CT molecular complexity index is 514. The summed E-state index contributed by atoms with van der Waals surface area (Å²) in [5.74, 6) is -0.253. The second-order valence-electron chi connectivity index (χ2n) is 6.02. The lowest BCUT2D eigenvalue weighted by molar-refractivity contribution is -0.130. The van der Waals surface area contributed by atoms with E-state index in [9.17, 15) is 9.18 Å². The maximum absolute atomic E-state index is 13.2. The highest BCUT2D eigenvalue weighted by molar-refractivity contribution is 6.30. The summed E-state index contributed by atoms with van der Waals surface area (Å²) in [7, 11) is 0. The van der Waals surface area contributed by atoms with E-state index in [4.69, 9.17) is 11.6 Å². The van der Waals surface area contributed by atoms with Crippen LogP contribution in [-0.2, 0) is 11.2 Å². The average molecular weight is 312 g/mol. The van der Waals surface area contributed by atoms with Gasteiger partial charge in [-0.1, -0.05) is 31.0 Å². The molecule has 1 saturated heterocycles. The average Bonchev–Trinajstić information content (AvgIpc) is 2.51. The molecule has 2 nitrogen and oxygen atoms in total. The zero-order valence-electron chi connectivity index (χ0n) is 12.8. The van der Waals surface area contributed by atoms with Gasteiger partial charge in [0.2, 0.25) is 0 Å². The molecule has 1 unspecified atom stereocenters. The maximum Gasteiger partial charge on any atom is 0.157 e. The highest BCUT2D eigenvalue weighted by atomic mass is 35.5. The molecule has 1 aliphatic rings. The first-order valence-corrected chi connectivity index (χ1v) is 8.07. The third-order valence-electron chi connectivity index (χ3n) is 4.69. The van der Waals surface area contributed by atoms with Gasteiger partial charge in [0.05, 0.1) is 10.6 Å². The molecule has 1 fully saturated rings. The van der Waals surface area contributed by atoms with Crippen molar-refractivity contribution in [2.75, 3.05) is 13.1 Å². The highest BCUT2D eigenvalue weighted by Crippen LogP contribution is 2.27. The fourth-order valence-corrected chi connectivity index (χ4v) is 3.21. The topological polar surface area (TPSA) is 20.3 Å². The van der Waals surface area contributed by atoms with Gasteiger partial charge in [-0.25, -0.2) is 4.39 Å². The zero-order valence-corrected chi connectivity index (χ0v) is 13.5. The summed E-state index contributed by atoms with van der Waals surface area (Å²) in [5, 5.41) is 0.0801. The largest absolute Gasteiger partial charge is 0.297 e. The van der Waals surface area contributed by atoms with Crippen LogP contribution in [0, 0.1) is 5.82 Å². The van der Waals surface area contributed by atoms with Gasteiger partial charge in [0.15, 0.2) is 5.78 Å². The number of hydrogen-bond acceptors (Lipinski definition) is 2. The first-order valence-electron chi connectivity index (χ1n) is 7.69. The van der Waals surface area contributed by atoms with Crippen LogP contribution in [0.2, 0.25) is 5.02 Å². The predicted octanol–water partition coefficient (Wildman–Crippen LogP) is 4.25. The fourth-order valence-electron chi connectivity index (χ4n) is 3.01. The quantitative estimate of drug-likeness (QED) is 0.810. The third-order valence-corrected chi connectivity index (χ3v) is 4.98. The van der Waals surface area contributed by atoms with E-state index < -0.39 is 11.4 Å². The van der Waals surface area contributed by atoms with Crippen LogP contribution < -0.4 is 0 Å². The Morgan fingerprint density at radius 2 is 2.00 bits per heavy atom. The first-order chi connectivity index (χ1) is 9.97. The molecule has 1 atom stereocenters. The van der Waals surface area contributed by atoms with Crippen LogP contribution in [0.5, 0.6) is 0 Å². The fraction of sp³-hybridized carbons (Fsp3) is 0.588. The Morgan fingerprint density at radius 3 is 2.57 bits per heavy atom. The summed E-state index contributed by atoms with van der Waals surface area (Å²) in [5.41, 5.74) is 0.351. The van der Waals surface area contributed by atoms with Gasteiger partial charge in [-0.3, -0.25) is 9.69 Å². The van der Waals surface area contributed by atoms with E-state index >= 15 is 0 Å². The van der Waals surface area contributed by atoms with Gasteiger partial charge in [0, 0.05) is 6.42 Å². The van der Waals surface area contributed by atoms with Crippen molar-refractivity contribution in [3.63, 3.8) is 0 Å². The molecule has 1 aromatic rings. The molecule has 0 aromatic heterocycles. The molecule has 21 heavy (non-hydrogen) atoms. The normalized spacial score (nSPS) is 19.2. The second-order valence-corrected chi connectivity index (χ2v) is 6.43. The van der Waals surface area contributed by atoms with Crippen LogP contribution in [0.25, 0.3) is 0 Å². The van der Waals surface area contributed by atoms with E-state index in [0.29, 0.717) is 6.42 Å². The zero-order chi connectivity index (χ0) is 15.5. The number of carbonyl (C=O) groups excluding carboxylic acids is 1. The minimum Gasteiger partial charge on any atom is -0.297 e. The molecule has 116 valence electrons. The summed E-state index contributed by atoms with van der Waals surface area (Å²) in [6.07, 6.45) is 4.66. The number of likely N-dealkylation sites (tertiary alicyclic amines) is 1. The maximum atomic E-state index is 13.2. The Morgan fingerprint density at radius 1 is 1.33 bits per heavy atom. The minimum absolute atomic E-state index is 0.0801. The smallest absolute Gasteiger partial charge is 0.157 e. The van der Waals surface area contributed by atoms with Gasteiger partial charge >= 0.3 is 0 Å². The van der Waals surface area contributed by atoms with Crippen molar-refractivity contribution in [2.45, 2.75) is 51.5 Å². The molecule has 4 heteroatoms. The van der Waals surface area contributed by atoms with E-state index in [1.165, 1.54) is 12.5 Å². The molecule has 1 heterocycles. The number of benzene rings is 1. The van der Waals surface area contributed by atoms with Gasteiger partial charge < -0.3 is 0 Å². The van der Waals surface area contributed by atoms with Crippen molar-refractivity contribution in [3.05, 3.63) is 34.6 Å². The molecule has 0 radical (unpaired) electrons. The molecule has 0 bridgehead atoms. The van der Waals surface area contributed by atoms with Crippen molar-refractivity contribution in [1.29, 1.82) is 0 Å². The van der Waals surface area contributed by atoms with Gasteiger partial charge in [0.25, 0.3) is 0 Å². The number of carbonyl (C=O) groups is 1. The predicted molar refractivity (Wildman–Crippen MR) is 84.2 cm³/mol. The Kier molecular flexibility index (Phi) is 5.39. The lowest BCUT2D eigenvalue weighted by Crippen LogP contribution is -2.54. The number of piperidine rings is 1. The SMILES string of the molecule is CCC(C)(C(=O)Cc1ccc(F)c(Cl)c1)N1CCCCC1. The highest BCUT2D eigenvalue weighted by Gasteiger charge is 2.37. The number of hydrogen-bond donors (Lipinski definition) is 0. The molecule has 1 aromatic carbocycles. The lowest BCUT2D eigenvalue weighted by atomic mass is 9.86. The van der Waals surface area contributed by atoms with Gasteiger partial charge in [-0.15, -0.1) is 0 Å². The van der Waals surface area contributed by atoms with Crippen molar-refractivity contribution in [3.8, 4) is 0 Å². The van der Waals surface area contributed by atoms with Crippen LogP contribution in [-0.4, -0.2) is 29.3 Å². The minimum atomic E-state index is -0.442. The van der Waals surface area contributed by atoms with Crippen LogP contribution >= 0.6 is 11.6 Å². The molecule has 0 aliphatic carbocycles. The number of rotatable bonds is 5. The summed E-state index contributed by atoms with van der Waals surface area (Å²) in [6.45, 7) is 6.07. The van der Waals surface area contributed by atoms with Crippen molar-refractivity contribution in [1.82, 2.24) is 4.90 Å². The van der Waals surface area contributed by atoms with Gasteiger partial charge in [-0.2, -0.15) is 0 Å². The monoisotopic (exact) mass is 311 g/mol. The van der Waals surface area contributed by atoms with Crippen molar-refractivity contribution < 1.29 is 9.18 Å². The van der Waals surface area contributed by atoms with Gasteiger partial charge in [0.1, 0.15) is 5.82 Å². The van der Waals surface area contributed by atoms with Gasteiger partial charge in [-0.05, 0) is 57.0 Å². The molecule has 0 N–H and O–H groups in total. The van der Waals surface area contributed by atoms with Crippen LogP contribution in [0.3, 0.4) is 0 Å². The summed E-state index contributed by atoms with van der Waals surface area (Å²) in [4.78, 5) is 15.1. The number of halogens is 2. The number of ketones is 1.